The standard InChI is InChI=1S/C13H10FN5/c14-10-3-1-2-8(6-10)11-12(18-19-13(11)15)9-4-5-16-17-7-9/h1-7H,(H3,15,18,19). The van der Waals surface area contributed by atoms with E-state index in [9.17, 15) is 4.39 Å². The van der Waals surface area contributed by atoms with Crippen molar-refractivity contribution in [2.45, 2.75) is 0 Å². The fourth-order valence-corrected chi connectivity index (χ4v) is 1.94. The molecule has 94 valence electrons. The minimum absolute atomic E-state index is 0.317. The summed E-state index contributed by atoms with van der Waals surface area (Å²) in [5.41, 5.74) is 8.67. The van der Waals surface area contributed by atoms with E-state index in [1.165, 1.54) is 12.1 Å². The smallest absolute Gasteiger partial charge is 0.153 e. The number of aromatic nitrogens is 4. The van der Waals surface area contributed by atoms with Gasteiger partial charge in [-0.05, 0) is 23.8 Å². The maximum Gasteiger partial charge on any atom is 0.153 e. The molecule has 19 heavy (non-hydrogen) atoms. The van der Waals surface area contributed by atoms with E-state index in [4.69, 9.17) is 5.73 Å². The van der Waals surface area contributed by atoms with Gasteiger partial charge in [-0.1, -0.05) is 12.1 Å². The Bertz CT molecular complexity index is 708. The first-order valence-electron chi connectivity index (χ1n) is 5.62. The van der Waals surface area contributed by atoms with Gasteiger partial charge in [-0.3, -0.25) is 5.10 Å². The van der Waals surface area contributed by atoms with Crippen molar-refractivity contribution in [1.82, 2.24) is 20.4 Å². The monoisotopic (exact) mass is 255 g/mol. The third-order valence-electron chi connectivity index (χ3n) is 2.78. The Morgan fingerprint density at radius 3 is 2.74 bits per heavy atom. The number of hydrogen-bond donors (Lipinski definition) is 2. The van der Waals surface area contributed by atoms with Crippen LogP contribution in [0.2, 0.25) is 0 Å². The van der Waals surface area contributed by atoms with Gasteiger partial charge in [0.15, 0.2) is 5.82 Å². The van der Waals surface area contributed by atoms with E-state index < -0.39 is 0 Å². The normalized spacial score (nSPS) is 10.6. The number of halogens is 1. The lowest BCUT2D eigenvalue weighted by atomic mass is 10.0. The first-order chi connectivity index (χ1) is 9.25. The number of benzene rings is 1. The molecule has 0 aliphatic rings. The third kappa shape index (κ3) is 2.03. The van der Waals surface area contributed by atoms with Crippen molar-refractivity contribution >= 4 is 5.82 Å². The van der Waals surface area contributed by atoms with Gasteiger partial charge < -0.3 is 5.73 Å². The van der Waals surface area contributed by atoms with E-state index in [2.05, 4.69) is 20.4 Å². The zero-order chi connectivity index (χ0) is 13.2. The van der Waals surface area contributed by atoms with Gasteiger partial charge >= 0.3 is 0 Å². The predicted molar refractivity (Wildman–Crippen MR) is 69.4 cm³/mol. The minimum atomic E-state index is -0.322. The molecule has 5 nitrogen and oxygen atoms in total. The Hall–Kier alpha value is -2.76. The van der Waals surface area contributed by atoms with Gasteiger partial charge in [0.1, 0.15) is 5.82 Å². The van der Waals surface area contributed by atoms with E-state index in [1.807, 2.05) is 0 Å². The van der Waals surface area contributed by atoms with Crippen molar-refractivity contribution in [1.29, 1.82) is 0 Å². The Kier molecular flexibility index (Phi) is 2.68. The van der Waals surface area contributed by atoms with Gasteiger partial charge in [-0.25, -0.2) is 4.39 Å². The summed E-state index contributed by atoms with van der Waals surface area (Å²) in [5.74, 6) is -0.00526. The quantitative estimate of drug-likeness (QED) is 0.736. The van der Waals surface area contributed by atoms with Gasteiger partial charge in [0, 0.05) is 5.56 Å². The molecule has 3 rings (SSSR count). The number of nitrogens with two attached hydrogens (primary N) is 1. The second kappa shape index (κ2) is 4.49. The fourth-order valence-electron chi connectivity index (χ4n) is 1.94. The van der Waals surface area contributed by atoms with Crippen LogP contribution in [-0.4, -0.2) is 20.4 Å². The SMILES string of the molecule is Nc1n[nH]c(-c2ccnnc2)c1-c1cccc(F)c1. The third-order valence-corrected chi connectivity index (χ3v) is 2.78. The van der Waals surface area contributed by atoms with E-state index in [-0.39, 0.29) is 5.82 Å². The molecular weight excluding hydrogens is 245 g/mol. The number of nitrogens with zero attached hydrogens (tertiary/aromatic N) is 3. The van der Waals surface area contributed by atoms with Gasteiger partial charge in [0.05, 0.1) is 23.7 Å². The predicted octanol–water partition coefficient (Wildman–Crippen LogP) is 2.25. The number of nitrogens with one attached hydrogen (secondary N) is 1. The van der Waals surface area contributed by atoms with Crippen LogP contribution in [0.5, 0.6) is 0 Å². The number of H-pyrrole nitrogens is 1. The molecule has 2 aromatic heterocycles. The molecule has 0 aliphatic carbocycles. The van der Waals surface area contributed by atoms with Crippen LogP contribution in [-0.2, 0) is 0 Å². The average molecular weight is 255 g/mol. The van der Waals surface area contributed by atoms with Crippen LogP contribution in [0, 0.1) is 5.82 Å². The van der Waals surface area contributed by atoms with E-state index in [1.54, 1.807) is 30.6 Å². The van der Waals surface area contributed by atoms with Crippen molar-refractivity contribution in [3.8, 4) is 22.4 Å². The lowest BCUT2D eigenvalue weighted by Gasteiger charge is -2.04. The van der Waals surface area contributed by atoms with Crippen molar-refractivity contribution in [3.05, 3.63) is 48.5 Å². The van der Waals surface area contributed by atoms with Crippen LogP contribution in [0.25, 0.3) is 22.4 Å². The number of aromatic amines is 1. The number of anilines is 1. The first-order valence-corrected chi connectivity index (χ1v) is 5.62. The summed E-state index contributed by atoms with van der Waals surface area (Å²) in [6.07, 6.45) is 3.16. The number of hydrogen-bond acceptors (Lipinski definition) is 4. The molecule has 0 fully saturated rings. The number of rotatable bonds is 2. The molecule has 0 saturated carbocycles. The first kappa shape index (κ1) is 11.3. The zero-order valence-electron chi connectivity index (χ0n) is 9.84. The summed E-state index contributed by atoms with van der Waals surface area (Å²) in [5, 5.41) is 14.4. The van der Waals surface area contributed by atoms with Gasteiger partial charge in [0.2, 0.25) is 0 Å². The highest BCUT2D eigenvalue weighted by Gasteiger charge is 2.15. The summed E-state index contributed by atoms with van der Waals surface area (Å²) in [6.45, 7) is 0. The largest absolute Gasteiger partial charge is 0.382 e. The second-order valence-electron chi connectivity index (χ2n) is 4.00. The van der Waals surface area contributed by atoms with Crippen LogP contribution in [0.3, 0.4) is 0 Å². The maximum absolute atomic E-state index is 13.3. The van der Waals surface area contributed by atoms with Gasteiger partial charge in [-0.15, -0.1) is 0 Å². The van der Waals surface area contributed by atoms with Crippen LogP contribution in [0.15, 0.2) is 42.7 Å². The molecular formula is C13H10FN5. The summed E-state index contributed by atoms with van der Waals surface area (Å²) in [6, 6.07) is 7.99. The molecule has 0 aliphatic heterocycles. The molecule has 6 heteroatoms. The molecule has 0 unspecified atom stereocenters. The van der Waals surface area contributed by atoms with Gasteiger partial charge in [-0.2, -0.15) is 15.3 Å². The molecule has 2 heterocycles. The summed E-state index contributed by atoms with van der Waals surface area (Å²) in [4.78, 5) is 0. The van der Waals surface area contributed by atoms with E-state index >= 15 is 0 Å². The van der Waals surface area contributed by atoms with Crippen molar-refractivity contribution in [3.63, 3.8) is 0 Å². The molecule has 0 radical (unpaired) electrons. The van der Waals surface area contributed by atoms with E-state index in [0.29, 0.717) is 22.6 Å². The summed E-state index contributed by atoms with van der Waals surface area (Å²) in [7, 11) is 0. The molecule has 3 aromatic rings. The van der Waals surface area contributed by atoms with Crippen molar-refractivity contribution < 1.29 is 4.39 Å². The Balaban J connectivity index is 2.20. The highest BCUT2D eigenvalue weighted by Crippen LogP contribution is 2.34. The highest BCUT2D eigenvalue weighted by atomic mass is 19.1. The second-order valence-corrected chi connectivity index (χ2v) is 4.00. The van der Waals surface area contributed by atoms with Crippen molar-refractivity contribution in [2.24, 2.45) is 0 Å². The summed E-state index contributed by atoms with van der Waals surface area (Å²) < 4.78 is 13.3. The molecule has 0 spiro atoms. The molecule has 0 atom stereocenters. The fraction of sp³-hybridized carbons (Fsp3) is 0. The average Bonchev–Trinajstić information content (AvgIpc) is 2.82. The number of nitrogen functional groups attached to an aromatic ring is 1. The lowest BCUT2D eigenvalue weighted by Crippen LogP contribution is -1.90. The van der Waals surface area contributed by atoms with E-state index in [0.717, 1.165) is 5.56 Å². The topological polar surface area (TPSA) is 80.5 Å². The summed E-state index contributed by atoms with van der Waals surface area (Å²) >= 11 is 0. The Morgan fingerprint density at radius 2 is 2.00 bits per heavy atom. The molecule has 0 amide bonds. The zero-order valence-corrected chi connectivity index (χ0v) is 9.84. The molecule has 0 bridgehead atoms. The van der Waals surface area contributed by atoms with Crippen LogP contribution < -0.4 is 5.73 Å². The van der Waals surface area contributed by atoms with Crippen LogP contribution in [0.1, 0.15) is 0 Å². The molecule has 3 N–H and O–H groups in total. The van der Waals surface area contributed by atoms with Crippen LogP contribution in [0.4, 0.5) is 10.2 Å². The minimum Gasteiger partial charge on any atom is -0.382 e. The van der Waals surface area contributed by atoms with Gasteiger partial charge in [0.25, 0.3) is 0 Å². The molecule has 0 saturated heterocycles. The van der Waals surface area contributed by atoms with Crippen molar-refractivity contribution in [2.75, 3.05) is 5.73 Å². The Labute approximate surface area is 108 Å². The highest BCUT2D eigenvalue weighted by molar-refractivity contribution is 5.87. The maximum atomic E-state index is 13.3. The molecule has 1 aromatic carbocycles. The van der Waals surface area contributed by atoms with Crippen LogP contribution >= 0.6 is 0 Å². The Morgan fingerprint density at radius 1 is 1.11 bits per heavy atom. The lowest BCUT2D eigenvalue weighted by molar-refractivity contribution is 0.628.